The first-order valence-corrected chi connectivity index (χ1v) is 9.16. The Bertz CT molecular complexity index is 949. The minimum Gasteiger partial charge on any atom is -0.273 e. The molecule has 126 valence electrons. The van der Waals surface area contributed by atoms with E-state index in [1.165, 1.54) is 0 Å². The number of nitrogens with zero attached hydrogens (tertiary/aromatic N) is 4. The molecule has 4 rings (SSSR count). The van der Waals surface area contributed by atoms with Crippen molar-refractivity contribution in [3.8, 4) is 0 Å². The Morgan fingerprint density at radius 3 is 2.72 bits per heavy atom. The SMILES string of the molecule is CC(C)C(=O)N1N=C(c2cccs2)C[C@@H]1c1ccc2nccnc2c1. The summed E-state index contributed by atoms with van der Waals surface area (Å²) in [5.74, 6) is -0.0648. The maximum absolute atomic E-state index is 12.7. The minimum atomic E-state index is -0.103. The van der Waals surface area contributed by atoms with Gasteiger partial charge in [0.25, 0.3) is 0 Å². The van der Waals surface area contributed by atoms with Crippen LogP contribution in [0.2, 0.25) is 0 Å². The topological polar surface area (TPSA) is 58.5 Å². The molecule has 1 aliphatic rings. The standard InChI is InChI=1S/C19H18N4OS/c1-12(2)19(24)23-17(11-16(22-23)18-4-3-9-25-18)13-5-6-14-15(10-13)21-8-7-20-14/h3-10,12,17H,11H2,1-2H3/t17-/m1/s1. The molecule has 1 atom stereocenters. The van der Waals surface area contributed by atoms with E-state index < -0.39 is 0 Å². The molecule has 0 saturated heterocycles. The first-order chi connectivity index (χ1) is 12.1. The summed E-state index contributed by atoms with van der Waals surface area (Å²) >= 11 is 1.65. The van der Waals surface area contributed by atoms with Crippen molar-refractivity contribution in [2.24, 2.45) is 11.0 Å². The number of hydrogen-bond acceptors (Lipinski definition) is 5. The molecule has 0 radical (unpaired) electrons. The molecule has 25 heavy (non-hydrogen) atoms. The molecule has 1 aliphatic heterocycles. The Morgan fingerprint density at radius 2 is 2.00 bits per heavy atom. The van der Waals surface area contributed by atoms with E-state index in [4.69, 9.17) is 0 Å². The van der Waals surface area contributed by atoms with Crippen LogP contribution in [0.15, 0.2) is 53.2 Å². The van der Waals surface area contributed by atoms with Crippen molar-refractivity contribution in [3.05, 3.63) is 58.5 Å². The second-order valence-electron chi connectivity index (χ2n) is 6.39. The maximum Gasteiger partial charge on any atom is 0.245 e. The molecule has 1 aromatic carbocycles. The Hall–Kier alpha value is -2.60. The molecule has 0 unspecified atom stereocenters. The minimum absolute atomic E-state index is 0.0378. The van der Waals surface area contributed by atoms with Gasteiger partial charge in [-0.2, -0.15) is 5.10 Å². The average Bonchev–Trinajstić information content (AvgIpc) is 3.30. The second-order valence-corrected chi connectivity index (χ2v) is 7.33. The number of rotatable bonds is 3. The second kappa shape index (κ2) is 6.37. The van der Waals surface area contributed by atoms with Gasteiger partial charge in [-0.1, -0.05) is 26.0 Å². The maximum atomic E-state index is 12.7. The van der Waals surface area contributed by atoms with E-state index in [1.54, 1.807) is 28.7 Å². The molecule has 3 heterocycles. The Kier molecular flexibility index (Phi) is 4.05. The highest BCUT2D eigenvalue weighted by Gasteiger charge is 2.34. The fourth-order valence-corrected chi connectivity index (χ4v) is 3.74. The summed E-state index contributed by atoms with van der Waals surface area (Å²) in [6.45, 7) is 3.81. The van der Waals surface area contributed by atoms with E-state index in [9.17, 15) is 4.79 Å². The van der Waals surface area contributed by atoms with Gasteiger partial charge in [-0.25, -0.2) is 5.01 Å². The molecule has 0 aliphatic carbocycles. The van der Waals surface area contributed by atoms with Crippen LogP contribution in [0.3, 0.4) is 0 Å². The zero-order chi connectivity index (χ0) is 17.4. The average molecular weight is 350 g/mol. The lowest BCUT2D eigenvalue weighted by Gasteiger charge is -2.23. The largest absolute Gasteiger partial charge is 0.273 e. The zero-order valence-electron chi connectivity index (χ0n) is 14.1. The summed E-state index contributed by atoms with van der Waals surface area (Å²) in [5, 5.41) is 8.35. The summed E-state index contributed by atoms with van der Waals surface area (Å²) in [7, 11) is 0. The van der Waals surface area contributed by atoms with Crippen LogP contribution in [0, 0.1) is 5.92 Å². The van der Waals surface area contributed by atoms with Crippen LogP contribution in [0.25, 0.3) is 11.0 Å². The number of carbonyl (C=O) groups excluding carboxylic acids is 1. The molecular weight excluding hydrogens is 332 g/mol. The summed E-state index contributed by atoms with van der Waals surface area (Å²) < 4.78 is 0. The monoisotopic (exact) mass is 350 g/mol. The van der Waals surface area contributed by atoms with E-state index in [2.05, 4.69) is 21.1 Å². The molecule has 0 N–H and O–H groups in total. The normalized spacial score (nSPS) is 17.3. The predicted molar refractivity (Wildman–Crippen MR) is 99.4 cm³/mol. The predicted octanol–water partition coefficient (Wildman–Crippen LogP) is 4.03. The fourth-order valence-electron chi connectivity index (χ4n) is 3.02. The summed E-state index contributed by atoms with van der Waals surface area (Å²) in [6, 6.07) is 9.96. The van der Waals surface area contributed by atoms with Crippen molar-refractivity contribution >= 4 is 34.0 Å². The van der Waals surface area contributed by atoms with Crippen molar-refractivity contribution in [2.75, 3.05) is 0 Å². The van der Waals surface area contributed by atoms with Crippen LogP contribution in [-0.4, -0.2) is 26.6 Å². The summed E-state index contributed by atoms with van der Waals surface area (Å²) in [4.78, 5) is 22.5. The highest BCUT2D eigenvalue weighted by Crippen LogP contribution is 2.35. The fraction of sp³-hybridized carbons (Fsp3) is 0.263. The molecule has 0 fully saturated rings. The highest BCUT2D eigenvalue weighted by molar-refractivity contribution is 7.12. The van der Waals surface area contributed by atoms with E-state index in [1.807, 2.05) is 43.5 Å². The van der Waals surface area contributed by atoms with E-state index in [0.29, 0.717) is 6.42 Å². The molecule has 3 aromatic rings. The van der Waals surface area contributed by atoms with E-state index in [-0.39, 0.29) is 17.9 Å². The van der Waals surface area contributed by atoms with Crippen LogP contribution < -0.4 is 0 Å². The number of fused-ring (bicyclic) bond motifs is 1. The smallest absolute Gasteiger partial charge is 0.245 e. The molecule has 2 aromatic heterocycles. The number of thiophene rings is 1. The number of aromatic nitrogens is 2. The highest BCUT2D eigenvalue weighted by atomic mass is 32.1. The number of hydrazone groups is 1. The van der Waals surface area contributed by atoms with Gasteiger partial charge in [0.15, 0.2) is 0 Å². The lowest BCUT2D eigenvalue weighted by atomic mass is 9.99. The van der Waals surface area contributed by atoms with Gasteiger partial charge < -0.3 is 0 Å². The van der Waals surface area contributed by atoms with Gasteiger partial charge in [-0.15, -0.1) is 11.3 Å². The first kappa shape index (κ1) is 15.9. The molecule has 0 saturated carbocycles. The van der Waals surface area contributed by atoms with Gasteiger partial charge in [0.2, 0.25) is 5.91 Å². The van der Waals surface area contributed by atoms with Crippen molar-refractivity contribution in [2.45, 2.75) is 26.3 Å². The molecule has 5 nitrogen and oxygen atoms in total. The van der Waals surface area contributed by atoms with Crippen LogP contribution in [0.4, 0.5) is 0 Å². The van der Waals surface area contributed by atoms with Crippen LogP contribution in [-0.2, 0) is 4.79 Å². The molecule has 1 amide bonds. The molecular formula is C19H18N4OS. The quantitative estimate of drug-likeness (QED) is 0.717. The van der Waals surface area contributed by atoms with Gasteiger partial charge in [0.1, 0.15) is 0 Å². The van der Waals surface area contributed by atoms with E-state index in [0.717, 1.165) is 27.2 Å². The van der Waals surface area contributed by atoms with Crippen LogP contribution in [0.5, 0.6) is 0 Å². The van der Waals surface area contributed by atoms with Crippen molar-refractivity contribution in [3.63, 3.8) is 0 Å². The lowest BCUT2D eigenvalue weighted by Crippen LogP contribution is -2.30. The molecule has 0 spiro atoms. The van der Waals surface area contributed by atoms with Crippen molar-refractivity contribution < 1.29 is 4.79 Å². The third-order valence-corrected chi connectivity index (χ3v) is 5.23. The summed E-state index contributed by atoms with van der Waals surface area (Å²) in [6.07, 6.45) is 4.08. The lowest BCUT2D eigenvalue weighted by molar-refractivity contribution is -0.136. The van der Waals surface area contributed by atoms with Crippen LogP contribution in [0.1, 0.15) is 36.8 Å². The third kappa shape index (κ3) is 2.93. The van der Waals surface area contributed by atoms with Gasteiger partial charge >= 0.3 is 0 Å². The molecule has 6 heteroatoms. The Labute approximate surface area is 150 Å². The number of amides is 1. The summed E-state index contributed by atoms with van der Waals surface area (Å²) in [5.41, 5.74) is 3.69. The third-order valence-electron chi connectivity index (χ3n) is 4.31. The first-order valence-electron chi connectivity index (χ1n) is 8.28. The van der Waals surface area contributed by atoms with E-state index >= 15 is 0 Å². The zero-order valence-corrected chi connectivity index (χ0v) is 14.9. The van der Waals surface area contributed by atoms with Crippen molar-refractivity contribution in [1.29, 1.82) is 0 Å². The Morgan fingerprint density at radius 1 is 1.20 bits per heavy atom. The van der Waals surface area contributed by atoms with Gasteiger partial charge in [-0.05, 0) is 29.1 Å². The van der Waals surface area contributed by atoms with Gasteiger partial charge in [0.05, 0.1) is 27.7 Å². The van der Waals surface area contributed by atoms with Gasteiger partial charge in [0, 0.05) is 24.7 Å². The van der Waals surface area contributed by atoms with Crippen molar-refractivity contribution in [1.82, 2.24) is 15.0 Å². The number of hydrogen-bond donors (Lipinski definition) is 0. The number of benzene rings is 1. The number of carbonyl (C=O) groups is 1. The van der Waals surface area contributed by atoms with Gasteiger partial charge in [-0.3, -0.25) is 14.8 Å². The Balaban J connectivity index is 1.74. The van der Waals surface area contributed by atoms with Crippen LogP contribution >= 0.6 is 11.3 Å². The molecule has 0 bridgehead atoms.